The summed E-state index contributed by atoms with van der Waals surface area (Å²) in [6.45, 7) is 0.387. The molecule has 4 aromatic rings. The van der Waals surface area contributed by atoms with E-state index < -0.39 is 0 Å². The van der Waals surface area contributed by atoms with Crippen molar-refractivity contribution < 1.29 is 14.3 Å². The highest BCUT2D eigenvalue weighted by molar-refractivity contribution is 6.03. The quantitative estimate of drug-likeness (QED) is 0.454. The minimum atomic E-state index is -0.378. The maximum Gasteiger partial charge on any atom is 0.229 e. The predicted octanol–water partition coefficient (Wildman–Crippen LogP) is 5.62. The molecule has 1 aliphatic heterocycles. The van der Waals surface area contributed by atoms with E-state index in [1.54, 1.807) is 17.0 Å². The van der Waals surface area contributed by atoms with Crippen molar-refractivity contribution in [2.75, 3.05) is 16.8 Å². The average molecular weight is 422 g/mol. The number of nitrogens with one attached hydrogen (secondary N) is 1. The van der Waals surface area contributed by atoms with Crippen molar-refractivity contribution in [1.29, 1.82) is 0 Å². The zero-order chi connectivity index (χ0) is 21.9. The summed E-state index contributed by atoms with van der Waals surface area (Å²) in [5, 5.41) is 5.19. The Hall–Kier alpha value is -4.12. The highest BCUT2D eigenvalue weighted by atomic mass is 16.5. The zero-order valence-corrected chi connectivity index (χ0v) is 17.4. The Balaban J connectivity index is 1.21. The van der Waals surface area contributed by atoms with Crippen LogP contribution in [-0.2, 0) is 9.59 Å². The summed E-state index contributed by atoms with van der Waals surface area (Å²) in [6.07, 6.45) is 0.212. The fourth-order valence-corrected chi connectivity index (χ4v) is 3.96. The zero-order valence-electron chi connectivity index (χ0n) is 17.4. The van der Waals surface area contributed by atoms with E-state index in [9.17, 15) is 9.59 Å². The van der Waals surface area contributed by atoms with Gasteiger partial charge in [0, 0.05) is 24.3 Å². The molecule has 32 heavy (non-hydrogen) atoms. The molecule has 5 rings (SSSR count). The first-order chi connectivity index (χ1) is 15.7. The molecule has 1 N–H and O–H groups in total. The fraction of sp³-hybridized carbons (Fsp3) is 0.111. The van der Waals surface area contributed by atoms with E-state index in [0.29, 0.717) is 18.0 Å². The van der Waals surface area contributed by atoms with E-state index >= 15 is 0 Å². The van der Waals surface area contributed by atoms with Gasteiger partial charge in [0.15, 0.2) is 0 Å². The number of nitrogens with zero attached hydrogens (tertiary/aromatic N) is 1. The molecule has 4 aromatic carbocycles. The van der Waals surface area contributed by atoms with E-state index in [-0.39, 0.29) is 24.2 Å². The van der Waals surface area contributed by atoms with Crippen LogP contribution in [-0.4, -0.2) is 18.4 Å². The second-order valence-corrected chi connectivity index (χ2v) is 7.87. The number of benzene rings is 4. The smallest absolute Gasteiger partial charge is 0.229 e. The highest BCUT2D eigenvalue weighted by Gasteiger charge is 2.35. The molecule has 1 heterocycles. The molecule has 1 atom stereocenters. The molecule has 0 bridgehead atoms. The summed E-state index contributed by atoms with van der Waals surface area (Å²) in [5.41, 5.74) is 1.49. The van der Waals surface area contributed by atoms with Gasteiger partial charge in [-0.2, -0.15) is 0 Å². The number of carbonyl (C=O) groups excluding carboxylic acids is 2. The molecule has 1 fully saturated rings. The van der Waals surface area contributed by atoms with Crippen LogP contribution in [0.2, 0.25) is 0 Å². The van der Waals surface area contributed by atoms with Gasteiger partial charge in [-0.25, -0.2) is 0 Å². The molecule has 5 heteroatoms. The Morgan fingerprint density at radius 2 is 1.50 bits per heavy atom. The minimum absolute atomic E-state index is 0.0320. The van der Waals surface area contributed by atoms with Gasteiger partial charge in [-0.3, -0.25) is 9.59 Å². The second-order valence-electron chi connectivity index (χ2n) is 7.87. The van der Waals surface area contributed by atoms with Crippen LogP contribution in [0.1, 0.15) is 6.42 Å². The van der Waals surface area contributed by atoms with Crippen molar-refractivity contribution >= 4 is 34.0 Å². The van der Waals surface area contributed by atoms with Crippen molar-refractivity contribution in [3.63, 3.8) is 0 Å². The fourth-order valence-electron chi connectivity index (χ4n) is 3.96. The van der Waals surface area contributed by atoms with Crippen LogP contribution in [0, 0.1) is 5.92 Å². The Morgan fingerprint density at radius 3 is 2.28 bits per heavy atom. The van der Waals surface area contributed by atoms with Crippen molar-refractivity contribution in [1.82, 2.24) is 0 Å². The average Bonchev–Trinajstić information content (AvgIpc) is 3.23. The van der Waals surface area contributed by atoms with Crippen molar-refractivity contribution in [3.8, 4) is 11.5 Å². The molecule has 1 saturated heterocycles. The Morgan fingerprint density at radius 1 is 0.812 bits per heavy atom. The van der Waals surface area contributed by atoms with Crippen LogP contribution in [0.4, 0.5) is 11.4 Å². The largest absolute Gasteiger partial charge is 0.457 e. The summed E-state index contributed by atoms with van der Waals surface area (Å²) in [7, 11) is 0. The molecular formula is C27H22N2O3. The number of rotatable bonds is 5. The molecule has 158 valence electrons. The Labute approximate surface area is 186 Å². The number of anilines is 2. The molecule has 0 unspecified atom stereocenters. The highest BCUT2D eigenvalue weighted by Crippen LogP contribution is 2.28. The van der Waals surface area contributed by atoms with Crippen molar-refractivity contribution in [2.24, 2.45) is 5.92 Å². The molecule has 2 amide bonds. The van der Waals surface area contributed by atoms with Gasteiger partial charge < -0.3 is 15.0 Å². The van der Waals surface area contributed by atoms with E-state index in [4.69, 9.17) is 4.74 Å². The number of para-hydroxylation sites is 1. The number of amides is 2. The summed E-state index contributed by atoms with van der Waals surface area (Å²) in [4.78, 5) is 26.8. The monoisotopic (exact) mass is 422 g/mol. The summed E-state index contributed by atoms with van der Waals surface area (Å²) in [5.74, 6) is 0.877. The van der Waals surface area contributed by atoms with E-state index in [0.717, 1.165) is 22.2 Å². The first-order valence-corrected chi connectivity index (χ1v) is 10.6. The van der Waals surface area contributed by atoms with Crippen LogP contribution in [0.25, 0.3) is 10.8 Å². The SMILES string of the molecule is O=C(Nc1ccc(Oc2ccc3ccccc3c2)cc1)[C@@H]1CC(=O)N(c2ccccc2)C1. The van der Waals surface area contributed by atoms with Crippen molar-refractivity contribution in [2.45, 2.75) is 6.42 Å². The molecular weight excluding hydrogens is 400 g/mol. The number of ether oxygens (including phenoxy) is 1. The maximum atomic E-state index is 12.7. The van der Waals surface area contributed by atoms with Gasteiger partial charge in [0.1, 0.15) is 11.5 Å². The van der Waals surface area contributed by atoms with Gasteiger partial charge in [-0.15, -0.1) is 0 Å². The molecule has 0 radical (unpaired) electrons. The third-order valence-electron chi connectivity index (χ3n) is 5.64. The Kier molecular flexibility index (Phi) is 5.30. The third kappa shape index (κ3) is 4.18. The lowest BCUT2D eigenvalue weighted by Crippen LogP contribution is -2.28. The lowest BCUT2D eigenvalue weighted by atomic mass is 10.1. The first kappa shape index (κ1) is 19.8. The normalized spacial score (nSPS) is 15.7. The number of hydrogen-bond donors (Lipinski definition) is 1. The predicted molar refractivity (Wildman–Crippen MR) is 126 cm³/mol. The molecule has 1 aliphatic rings. The number of fused-ring (bicyclic) bond motifs is 1. The standard InChI is InChI=1S/C27H22N2O3/c30-26-17-21(18-29(26)23-8-2-1-3-9-23)27(31)28-22-11-14-24(15-12-22)32-25-13-10-19-6-4-5-7-20(19)16-25/h1-16,21H,17-18H2,(H,28,31)/t21-/m1/s1. The summed E-state index contributed by atoms with van der Waals surface area (Å²) < 4.78 is 5.96. The molecule has 0 spiro atoms. The van der Waals surface area contributed by atoms with Crippen molar-refractivity contribution in [3.05, 3.63) is 97.1 Å². The third-order valence-corrected chi connectivity index (χ3v) is 5.64. The summed E-state index contributed by atoms with van der Waals surface area (Å²) >= 11 is 0. The maximum absolute atomic E-state index is 12.7. The molecule has 0 saturated carbocycles. The van der Waals surface area contributed by atoms with Gasteiger partial charge in [-0.05, 0) is 59.3 Å². The van der Waals surface area contributed by atoms with E-state index in [2.05, 4.69) is 11.4 Å². The number of carbonyl (C=O) groups is 2. The molecule has 0 aliphatic carbocycles. The van der Waals surface area contributed by atoms with Crippen LogP contribution in [0.15, 0.2) is 97.1 Å². The lowest BCUT2D eigenvalue weighted by molar-refractivity contribution is -0.122. The van der Waals surface area contributed by atoms with Crippen LogP contribution >= 0.6 is 0 Å². The van der Waals surface area contributed by atoms with Crippen LogP contribution in [0.3, 0.4) is 0 Å². The molecule has 5 nitrogen and oxygen atoms in total. The molecule has 0 aromatic heterocycles. The number of hydrogen-bond acceptors (Lipinski definition) is 3. The van der Waals surface area contributed by atoms with Gasteiger partial charge in [-0.1, -0.05) is 48.5 Å². The topological polar surface area (TPSA) is 58.6 Å². The van der Waals surface area contributed by atoms with Gasteiger partial charge in [0.05, 0.1) is 5.92 Å². The van der Waals surface area contributed by atoms with Crippen LogP contribution < -0.4 is 15.0 Å². The Bertz CT molecular complexity index is 1270. The van der Waals surface area contributed by atoms with Gasteiger partial charge >= 0.3 is 0 Å². The van der Waals surface area contributed by atoms with E-state index in [1.165, 1.54) is 0 Å². The summed E-state index contributed by atoms with van der Waals surface area (Å²) in [6, 6.07) is 30.8. The van der Waals surface area contributed by atoms with Crippen LogP contribution in [0.5, 0.6) is 11.5 Å². The van der Waals surface area contributed by atoms with Gasteiger partial charge in [0.2, 0.25) is 11.8 Å². The minimum Gasteiger partial charge on any atom is -0.457 e. The first-order valence-electron chi connectivity index (χ1n) is 10.6. The van der Waals surface area contributed by atoms with E-state index in [1.807, 2.05) is 78.9 Å². The van der Waals surface area contributed by atoms with Gasteiger partial charge in [0.25, 0.3) is 0 Å². The second kappa shape index (κ2) is 8.55. The lowest BCUT2D eigenvalue weighted by Gasteiger charge is -2.16.